The molecule has 1 aliphatic rings. The fraction of sp³-hybridized carbons (Fsp3) is 0.438. The van der Waals surface area contributed by atoms with Gasteiger partial charge in [0.25, 0.3) is 5.91 Å². The van der Waals surface area contributed by atoms with E-state index in [2.05, 4.69) is 14.8 Å². The Kier molecular flexibility index (Phi) is 4.09. The number of aryl methyl sites for hydroxylation is 1. The summed E-state index contributed by atoms with van der Waals surface area (Å²) >= 11 is 0. The van der Waals surface area contributed by atoms with Crippen LogP contribution in [0.5, 0.6) is 5.75 Å². The van der Waals surface area contributed by atoms with Crippen molar-refractivity contribution in [1.29, 1.82) is 0 Å². The molecular formula is C16H20N4O2. The molecule has 6 heteroatoms. The number of nitrogens with zero attached hydrogens (tertiary/aromatic N) is 4. The Morgan fingerprint density at radius 3 is 3.00 bits per heavy atom. The number of fused-ring (bicyclic) bond motifs is 1. The zero-order valence-corrected chi connectivity index (χ0v) is 13.0. The first-order valence-corrected chi connectivity index (χ1v) is 7.59. The van der Waals surface area contributed by atoms with Gasteiger partial charge in [-0.25, -0.2) is 0 Å². The highest BCUT2D eigenvalue weighted by molar-refractivity contribution is 5.96. The summed E-state index contributed by atoms with van der Waals surface area (Å²) in [6.07, 6.45) is 2.07. The maximum absolute atomic E-state index is 12.7. The highest BCUT2D eigenvalue weighted by Crippen LogP contribution is 2.21. The van der Waals surface area contributed by atoms with E-state index in [4.69, 9.17) is 4.74 Å². The Hall–Kier alpha value is -2.37. The highest BCUT2D eigenvalue weighted by atomic mass is 16.5. The third kappa shape index (κ3) is 2.68. The van der Waals surface area contributed by atoms with Crippen LogP contribution in [-0.4, -0.2) is 39.2 Å². The molecule has 6 nitrogen and oxygen atoms in total. The first-order valence-electron chi connectivity index (χ1n) is 7.59. The Morgan fingerprint density at radius 1 is 1.36 bits per heavy atom. The number of aromatic nitrogens is 3. The third-order valence-electron chi connectivity index (χ3n) is 3.83. The van der Waals surface area contributed by atoms with E-state index in [0.717, 1.165) is 31.0 Å². The van der Waals surface area contributed by atoms with Crippen LogP contribution in [-0.2, 0) is 19.5 Å². The second-order valence-electron chi connectivity index (χ2n) is 5.38. The van der Waals surface area contributed by atoms with Crippen molar-refractivity contribution >= 4 is 5.91 Å². The molecule has 0 saturated carbocycles. The molecule has 1 amide bonds. The van der Waals surface area contributed by atoms with Crippen LogP contribution in [0.4, 0.5) is 0 Å². The number of hydrogen-bond donors (Lipinski definition) is 0. The molecule has 1 aromatic carbocycles. The van der Waals surface area contributed by atoms with Crippen LogP contribution < -0.4 is 4.74 Å². The third-order valence-corrected chi connectivity index (χ3v) is 3.83. The molecule has 0 fully saturated rings. The zero-order chi connectivity index (χ0) is 15.5. The summed E-state index contributed by atoms with van der Waals surface area (Å²) in [6.45, 7) is 3.83. The average Bonchev–Trinajstić information content (AvgIpc) is 3.12. The minimum Gasteiger partial charge on any atom is -0.493 e. The van der Waals surface area contributed by atoms with E-state index in [9.17, 15) is 4.79 Å². The molecule has 116 valence electrons. The van der Waals surface area contributed by atoms with Gasteiger partial charge in [-0.3, -0.25) is 4.79 Å². The quantitative estimate of drug-likeness (QED) is 0.846. The van der Waals surface area contributed by atoms with E-state index in [1.807, 2.05) is 25.1 Å². The lowest BCUT2D eigenvalue weighted by Gasteiger charge is -2.18. The van der Waals surface area contributed by atoms with Crippen molar-refractivity contribution in [1.82, 2.24) is 19.7 Å². The molecule has 0 N–H and O–H groups in total. The molecule has 0 bridgehead atoms. The molecule has 3 rings (SSSR count). The number of amides is 1. The first kappa shape index (κ1) is 14.6. The van der Waals surface area contributed by atoms with Crippen LogP contribution in [0.3, 0.4) is 0 Å². The van der Waals surface area contributed by atoms with Gasteiger partial charge in [0.2, 0.25) is 0 Å². The number of hydrogen-bond acceptors (Lipinski definition) is 4. The Balaban J connectivity index is 1.77. The summed E-state index contributed by atoms with van der Waals surface area (Å²) in [6, 6.07) is 7.32. The summed E-state index contributed by atoms with van der Waals surface area (Å²) in [7, 11) is 1.78. The molecular weight excluding hydrogens is 280 g/mol. The molecule has 0 unspecified atom stereocenters. The van der Waals surface area contributed by atoms with E-state index in [1.54, 1.807) is 18.0 Å². The standard InChI is InChI=1S/C16H20N4O2/c1-3-22-13-8-5-4-7-12(13)16(21)19(2)11-15-18-17-14-9-6-10-20(14)15/h4-5,7-8H,3,6,9-11H2,1-2H3. The van der Waals surface area contributed by atoms with Crippen molar-refractivity contribution in [3.8, 4) is 5.75 Å². The van der Waals surface area contributed by atoms with E-state index in [0.29, 0.717) is 24.5 Å². The fourth-order valence-electron chi connectivity index (χ4n) is 2.74. The summed E-state index contributed by atoms with van der Waals surface area (Å²) in [4.78, 5) is 14.3. The minimum absolute atomic E-state index is 0.0700. The van der Waals surface area contributed by atoms with Gasteiger partial charge in [-0.15, -0.1) is 10.2 Å². The van der Waals surface area contributed by atoms with E-state index in [1.165, 1.54) is 0 Å². The fourth-order valence-corrected chi connectivity index (χ4v) is 2.74. The molecule has 22 heavy (non-hydrogen) atoms. The van der Waals surface area contributed by atoms with Crippen LogP contribution in [0.1, 0.15) is 35.4 Å². The predicted octanol–water partition coefficient (Wildman–Crippen LogP) is 1.90. The number of carbonyl (C=O) groups excluding carboxylic acids is 1. The molecule has 1 aliphatic heterocycles. The lowest BCUT2D eigenvalue weighted by molar-refractivity contribution is 0.0776. The predicted molar refractivity (Wildman–Crippen MR) is 81.8 cm³/mol. The number of para-hydroxylation sites is 1. The Morgan fingerprint density at radius 2 is 2.18 bits per heavy atom. The van der Waals surface area contributed by atoms with E-state index >= 15 is 0 Å². The maximum Gasteiger partial charge on any atom is 0.257 e. The van der Waals surface area contributed by atoms with Crippen molar-refractivity contribution in [3.63, 3.8) is 0 Å². The van der Waals surface area contributed by atoms with Gasteiger partial charge in [-0.05, 0) is 25.5 Å². The summed E-state index contributed by atoms with van der Waals surface area (Å²) in [5.41, 5.74) is 0.577. The smallest absolute Gasteiger partial charge is 0.257 e. The average molecular weight is 300 g/mol. The van der Waals surface area contributed by atoms with Gasteiger partial charge in [-0.1, -0.05) is 12.1 Å². The molecule has 0 spiro atoms. The maximum atomic E-state index is 12.7. The minimum atomic E-state index is -0.0700. The van der Waals surface area contributed by atoms with Crippen molar-refractivity contribution in [2.75, 3.05) is 13.7 Å². The first-order chi connectivity index (χ1) is 10.7. The zero-order valence-electron chi connectivity index (χ0n) is 13.0. The number of carbonyl (C=O) groups is 1. The normalized spacial score (nSPS) is 13.0. The van der Waals surface area contributed by atoms with Crippen molar-refractivity contribution in [2.45, 2.75) is 32.9 Å². The lowest BCUT2D eigenvalue weighted by Crippen LogP contribution is -2.28. The van der Waals surface area contributed by atoms with Crippen molar-refractivity contribution in [2.24, 2.45) is 0 Å². The lowest BCUT2D eigenvalue weighted by atomic mass is 10.1. The van der Waals surface area contributed by atoms with Crippen LogP contribution in [0.15, 0.2) is 24.3 Å². The van der Waals surface area contributed by atoms with Gasteiger partial charge < -0.3 is 14.2 Å². The van der Waals surface area contributed by atoms with Gasteiger partial charge in [-0.2, -0.15) is 0 Å². The molecule has 0 atom stereocenters. The number of rotatable bonds is 5. The van der Waals surface area contributed by atoms with Gasteiger partial charge in [0.15, 0.2) is 5.82 Å². The highest BCUT2D eigenvalue weighted by Gasteiger charge is 2.21. The topological polar surface area (TPSA) is 60.2 Å². The molecule has 0 saturated heterocycles. The number of benzene rings is 1. The largest absolute Gasteiger partial charge is 0.493 e. The molecule has 1 aromatic heterocycles. The molecule has 2 heterocycles. The van der Waals surface area contributed by atoms with Gasteiger partial charge in [0, 0.05) is 20.0 Å². The van der Waals surface area contributed by atoms with E-state index < -0.39 is 0 Å². The van der Waals surface area contributed by atoms with Gasteiger partial charge >= 0.3 is 0 Å². The molecule has 0 radical (unpaired) electrons. The van der Waals surface area contributed by atoms with Crippen molar-refractivity contribution in [3.05, 3.63) is 41.5 Å². The molecule has 0 aliphatic carbocycles. The number of ether oxygens (including phenoxy) is 1. The van der Waals surface area contributed by atoms with Crippen LogP contribution >= 0.6 is 0 Å². The Bertz CT molecular complexity index is 681. The summed E-state index contributed by atoms with van der Waals surface area (Å²) in [5.74, 6) is 2.41. The van der Waals surface area contributed by atoms with Crippen LogP contribution in [0.25, 0.3) is 0 Å². The van der Waals surface area contributed by atoms with E-state index in [-0.39, 0.29) is 5.91 Å². The summed E-state index contributed by atoms with van der Waals surface area (Å²) in [5, 5.41) is 8.38. The van der Waals surface area contributed by atoms with Crippen molar-refractivity contribution < 1.29 is 9.53 Å². The van der Waals surface area contributed by atoms with Gasteiger partial charge in [0.05, 0.1) is 18.7 Å². The molecule has 2 aromatic rings. The second-order valence-corrected chi connectivity index (χ2v) is 5.38. The monoisotopic (exact) mass is 300 g/mol. The summed E-state index contributed by atoms with van der Waals surface area (Å²) < 4.78 is 7.65. The van der Waals surface area contributed by atoms with Crippen LogP contribution in [0.2, 0.25) is 0 Å². The SMILES string of the molecule is CCOc1ccccc1C(=O)N(C)Cc1nnc2n1CCC2. The second kappa shape index (κ2) is 6.17. The van der Waals surface area contributed by atoms with Crippen LogP contribution in [0, 0.1) is 0 Å². The van der Waals surface area contributed by atoms with Gasteiger partial charge in [0.1, 0.15) is 11.6 Å². The Labute approximate surface area is 129 Å².